The summed E-state index contributed by atoms with van der Waals surface area (Å²) in [5.74, 6) is -1.87. The number of aliphatic carboxylic acids is 1. The van der Waals surface area contributed by atoms with Crippen LogP contribution in [0.4, 0.5) is 0 Å². The smallest absolute Gasteiger partial charge is 0.307 e. The van der Waals surface area contributed by atoms with E-state index in [1.165, 1.54) is 4.88 Å². The van der Waals surface area contributed by atoms with Gasteiger partial charge in [0, 0.05) is 7.05 Å². The maximum atomic E-state index is 12.9. The molecule has 1 unspecified atom stereocenters. The lowest BCUT2D eigenvalue weighted by Crippen LogP contribution is -2.35. The number of rotatable bonds is 4. The minimum Gasteiger partial charge on any atom is -0.481 e. The summed E-state index contributed by atoms with van der Waals surface area (Å²) in [7, 11) is 1.82. The fourth-order valence-electron chi connectivity index (χ4n) is 3.90. The molecule has 1 aromatic rings. The number of thiazole rings is 1. The van der Waals surface area contributed by atoms with Crippen LogP contribution in [0.1, 0.15) is 55.2 Å². The first-order valence-corrected chi connectivity index (χ1v) is 9.08. The van der Waals surface area contributed by atoms with Gasteiger partial charge in [0.05, 0.1) is 33.5 Å². The van der Waals surface area contributed by atoms with Crippen LogP contribution in [-0.4, -0.2) is 33.9 Å². The maximum Gasteiger partial charge on any atom is 0.307 e. The highest BCUT2D eigenvalue weighted by Gasteiger charge is 2.66. The third-order valence-electron chi connectivity index (χ3n) is 5.44. The van der Waals surface area contributed by atoms with Gasteiger partial charge in [0.15, 0.2) is 0 Å². The summed E-state index contributed by atoms with van der Waals surface area (Å²) in [4.78, 5) is 31.9. The summed E-state index contributed by atoms with van der Waals surface area (Å²) in [6.45, 7) is 5.84. The molecule has 0 aromatic carbocycles. The second-order valence-corrected chi connectivity index (χ2v) is 8.36. The van der Waals surface area contributed by atoms with Crippen molar-refractivity contribution < 1.29 is 14.7 Å². The minimum absolute atomic E-state index is 0.0355. The molecule has 2 aliphatic carbocycles. The van der Waals surface area contributed by atoms with Crippen LogP contribution in [0.2, 0.25) is 0 Å². The number of carboxylic acid groups (broad SMARTS) is 1. The van der Waals surface area contributed by atoms with Crippen molar-refractivity contribution in [2.24, 2.45) is 17.3 Å². The average Bonchev–Trinajstić information content (AvgIpc) is 2.89. The van der Waals surface area contributed by atoms with Gasteiger partial charge in [0.2, 0.25) is 5.91 Å². The highest BCUT2D eigenvalue weighted by Crippen LogP contribution is 2.59. The van der Waals surface area contributed by atoms with E-state index in [1.807, 2.05) is 20.9 Å². The summed E-state index contributed by atoms with van der Waals surface area (Å²) < 4.78 is 0. The zero-order valence-electron chi connectivity index (χ0n) is 14.1. The standard InChI is InChI=1S/C17H24N2O3S/c1-5-11-18-9-7-6-8-10(14(9)23-11)19(4)15(20)12-13(16(21)22)17(12,2)3/h10,12-13H,5-8H2,1-4H3,(H,21,22)/t10?,12-,13+/m0/s1. The lowest BCUT2D eigenvalue weighted by molar-refractivity contribution is -0.142. The molecule has 23 heavy (non-hydrogen) atoms. The molecule has 1 amide bonds. The van der Waals surface area contributed by atoms with E-state index in [4.69, 9.17) is 0 Å². The molecule has 3 rings (SSSR count). The van der Waals surface area contributed by atoms with E-state index in [0.717, 1.165) is 36.4 Å². The number of carbonyl (C=O) groups excluding carboxylic acids is 1. The van der Waals surface area contributed by atoms with Crippen molar-refractivity contribution in [2.45, 2.75) is 52.5 Å². The van der Waals surface area contributed by atoms with Gasteiger partial charge in [-0.2, -0.15) is 0 Å². The summed E-state index contributed by atoms with van der Waals surface area (Å²) in [6, 6.07) is 0.0508. The predicted molar refractivity (Wildman–Crippen MR) is 88.3 cm³/mol. The number of nitrogens with zero attached hydrogens (tertiary/aromatic N) is 2. The summed E-state index contributed by atoms with van der Waals surface area (Å²) >= 11 is 1.71. The normalized spacial score (nSPS) is 28.1. The van der Waals surface area contributed by atoms with Crippen molar-refractivity contribution in [3.63, 3.8) is 0 Å². The first kappa shape index (κ1) is 16.4. The number of fused-ring (bicyclic) bond motifs is 1. The van der Waals surface area contributed by atoms with Crippen molar-refractivity contribution in [2.75, 3.05) is 7.05 Å². The van der Waals surface area contributed by atoms with Crippen LogP contribution in [-0.2, 0) is 22.4 Å². The Labute approximate surface area is 140 Å². The van der Waals surface area contributed by atoms with Gasteiger partial charge < -0.3 is 10.0 Å². The van der Waals surface area contributed by atoms with Crippen molar-refractivity contribution in [3.05, 3.63) is 15.6 Å². The van der Waals surface area contributed by atoms with Gasteiger partial charge in [-0.3, -0.25) is 9.59 Å². The molecule has 6 heteroatoms. The largest absolute Gasteiger partial charge is 0.481 e. The summed E-state index contributed by atoms with van der Waals surface area (Å²) in [5.41, 5.74) is 0.685. The summed E-state index contributed by atoms with van der Waals surface area (Å²) in [5, 5.41) is 10.4. The van der Waals surface area contributed by atoms with Crippen LogP contribution in [0.3, 0.4) is 0 Å². The molecule has 5 nitrogen and oxygen atoms in total. The molecular formula is C17H24N2O3S. The average molecular weight is 336 g/mol. The molecule has 0 spiro atoms. The van der Waals surface area contributed by atoms with Crippen LogP contribution >= 0.6 is 11.3 Å². The molecule has 3 atom stereocenters. The molecule has 0 saturated heterocycles. The van der Waals surface area contributed by atoms with Gasteiger partial charge in [0.25, 0.3) is 0 Å². The third-order valence-corrected chi connectivity index (χ3v) is 6.79. The van der Waals surface area contributed by atoms with Crippen LogP contribution in [0.15, 0.2) is 0 Å². The van der Waals surface area contributed by atoms with Gasteiger partial charge in [-0.25, -0.2) is 4.98 Å². The van der Waals surface area contributed by atoms with Crippen LogP contribution in [0.5, 0.6) is 0 Å². The number of carbonyl (C=O) groups is 2. The number of amides is 1. The molecule has 1 saturated carbocycles. The predicted octanol–water partition coefficient (Wildman–Crippen LogP) is 2.90. The zero-order valence-corrected chi connectivity index (χ0v) is 14.9. The van der Waals surface area contributed by atoms with Crippen molar-refractivity contribution in [1.29, 1.82) is 0 Å². The highest BCUT2D eigenvalue weighted by atomic mass is 32.1. The van der Waals surface area contributed by atoms with Gasteiger partial charge in [0.1, 0.15) is 0 Å². The van der Waals surface area contributed by atoms with E-state index in [1.54, 1.807) is 16.2 Å². The lowest BCUT2D eigenvalue weighted by Gasteiger charge is -2.31. The van der Waals surface area contributed by atoms with Crippen LogP contribution < -0.4 is 0 Å². The fourth-order valence-corrected chi connectivity index (χ4v) is 5.13. The summed E-state index contributed by atoms with van der Waals surface area (Å²) in [6.07, 6.45) is 3.86. The van der Waals surface area contributed by atoms with Crippen LogP contribution in [0, 0.1) is 17.3 Å². The monoisotopic (exact) mass is 336 g/mol. The Morgan fingerprint density at radius 3 is 2.65 bits per heavy atom. The third kappa shape index (κ3) is 2.57. The number of aromatic nitrogens is 1. The Bertz CT molecular complexity index is 652. The molecule has 1 aromatic heterocycles. The Balaban J connectivity index is 1.82. The molecular weight excluding hydrogens is 312 g/mol. The van der Waals surface area contributed by atoms with Crippen molar-refractivity contribution in [3.8, 4) is 0 Å². The molecule has 0 bridgehead atoms. The van der Waals surface area contributed by atoms with E-state index in [9.17, 15) is 14.7 Å². The van der Waals surface area contributed by atoms with Crippen molar-refractivity contribution in [1.82, 2.24) is 9.88 Å². The van der Waals surface area contributed by atoms with E-state index in [0.29, 0.717) is 0 Å². The van der Waals surface area contributed by atoms with E-state index < -0.39 is 23.2 Å². The molecule has 2 aliphatic rings. The van der Waals surface area contributed by atoms with Gasteiger partial charge >= 0.3 is 5.97 Å². The van der Waals surface area contributed by atoms with Crippen LogP contribution in [0.25, 0.3) is 0 Å². The fraction of sp³-hybridized carbons (Fsp3) is 0.706. The molecule has 1 heterocycles. The van der Waals surface area contributed by atoms with E-state index in [-0.39, 0.29) is 11.9 Å². The second kappa shape index (κ2) is 5.58. The Morgan fingerprint density at radius 1 is 1.39 bits per heavy atom. The minimum atomic E-state index is -0.864. The number of hydrogen-bond donors (Lipinski definition) is 1. The number of carboxylic acids is 1. The van der Waals surface area contributed by atoms with Crippen molar-refractivity contribution >= 4 is 23.2 Å². The van der Waals surface area contributed by atoms with Gasteiger partial charge in [-0.1, -0.05) is 20.8 Å². The lowest BCUT2D eigenvalue weighted by atomic mass is 9.96. The molecule has 1 N–H and O–H groups in total. The first-order chi connectivity index (χ1) is 10.8. The topological polar surface area (TPSA) is 70.5 Å². The Morgan fingerprint density at radius 2 is 2.09 bits per heavy atom. The van der Waals surface area contributed by atoms with Gasteiger partial charge in [-0.05, 0) is 31.1 Å². The molecule has 0 radical (unpaired) electrons. The second-order valence-electron chi connectivity index (χ2n) is 7.24. The maximum absolute atomic E-state index is 12.9. The number of hydrogen-bond acceptors (Lipinski definition) is 4. The van der Waals surface area contributed by atoms with E-state index in [2.05, 4.69) is 11.9 Å². The number of aryl methyl sites for hydroxylation is 2. The Kier molecular flexibility index (Phi) is 3.99. The molecule has 1 fully saturated rings. The Hall–Kier alpha value is -1.43. The first-order valence-electron chi connectivity index (χ1n) is 8.27. The molecule has 126 valence electrons. The zero-order chi connectivity index (χ0) is 16.9. The van der Waals surface area contributed by atoms with E-state index >= 15 is 0 Å². The quantitative estimate of drug-likeness (QED) is 0.918. The SMILES string of the molecule is CCc1nc2c(s1)C(N(C)C(=O)[C@@H]1[C@H](C(=O)O)C1(C)C)CCC2. The highest BCUT2D eigenvalue weighted by molar-refractivity contribution is 7.11. The van der Waals surface area contributed by atoms with Gasteiger partial charge in [-0.15, -0.1) is 11.3 Å². The molecule has 0 aliphatic heterocycles.